The average Bonchev–Trinajstić information content (AvgIpc) is 2.90. The second-order valence-corrected chi connectivity index (χ2v) is 4.90. The van der Waals surface area contributed by atoms with E-state index >= 15 is 0 Å². The zero-order valence-corrected chi connectivity index (χ0v) is 12.2. The van der Waals surface area contributed by atoms with E-state index in [0.29, 0.717) is 0 Å². The molecule has 1 heterocycles. The Labute approximate surface area is 125 Å². The number of anilines is 1. The molecule has 2 aromatic rings. The number of carbonyl (C=O) groups excluding carboxylic acids is 2. The second kappa shape index (κ2) is 5.92. The van der Waals surface area contributed by atoms with Crippen LogP contribution < -0.4 is 5.32 Å². The van der Waals surface area contributed by atoms with Crippen LogP contribution >= 0.6 is 0 Å². The molecule has 2 N–H and O–H groups in total. The first-order chi connectivity index (χ1) is 10.3. The Balaban J connectivity index is 2.19. The van der Waals surface area contributed by atoms with Crippen LogP contribution in [0.4, 0.5) is 14.6 Å². The number of benzene rings is 1. The molecule has 0 saturated carbocycles. The molecule has 0 unspecified atom stereocenters. The lowest BCUT2D eigenvalue weighted by Gasteiger charge is -2.07. The molecule has 6 nitrogen and oxygen atoms in total. The minimum absolute atomic E-state index is 0.0117. The maximum Gasteiger partial charge on any atom is 0.271 e. The SMILES string of the molecule is Cc1cc(F)c(F)cc1C(=O)Nc1cc(C(=O)N(C)C)[nH]n1. The zero-order valence-electron chi connectivity index (χ0n) is 12.2. The summed E-state index contributed by atoms with van der Waals surface area (Å²) >= 11 is 0. The summed E-state index contributed by atoms with van der Waals surface area (Å²) < 4.78 is 26.3. The second-order valence-electron chi connectivity index (χ2n) is 4.90. The minimum atomic E-state index is -1.11. The number of aromatic amines is 1. The molecule has 2 rings (SSSR count). The number of nitrogens with zero attached hydrogens (tertiary/aromatic N) is 2. The van der Waals surface area contributed by atoms with Crippen molar-refractivity contribution >= 4 is 17.6 Å². The van der Waals surface area contributed by atoms with Crippen LogP contribution in [0, 0.1) is 18.6 Å². The first kappa shape index (κ1) is 15.6. The average molecular weight is 308 g/mol. The molecule has 1 aromatic heterocycles. The van der Waals surface area contributed by atoms with E-state index in [0.717, 1.165) is 12.1 Å². The van der Waals surface area contributed by atoms with Crippen LogP contribution in [0.2, 0.25) is 0 Å². The Bertz CT molecular complexity index is 740. The van der Waals surface area contributed by atoms with Gasteiger partial charge in [0.15, 0.2) is 17.5 Å². The van der Waals surface area contributed by atoms with E-state index in [9.17, 15) is 18.4 Å². The van der Waals surface area contributed by atoms with Crippen molar-refractivity contribution in [2.75, 3.05) is 19.4 Å². The number of H-pyrrole nitrogens is 1. The maximum atomic E-state index is 13.2. The van der Waals surface area contributed by atoms with Crippen molar-refractivity contribution in [1.29, 1.82) is 0 Å². The van der Waals surface area contributed by atoms with Crippen LogP contribution in [0.15, 0.2) is 18.2 Å². The van der Waals surface area contributed by atoms with E-state index in [2.05, 4.69) is 15.5 Å². The molecule has 0 aliphatic rings. The number of aromatic nitrogens is 2. The molecular formula is C14H14F2N4O2. The first-order valence-corrected chi connectivity index (χ1v) is 6.33. The fraction of sp³-hybridized carbons (Fsp3) is 0.214. The van der Waals surface area contributed by atoms with Gasteiger partial charge in [0.25, 0.3) is 11.8 Å². The van der Waals surface area contributed by atoms with Gasteiger partial charge in [-0.25, -0.2) is 8.78 Å². The van der Waals surface area contributed by atoms with E-state index < -0.39 is 17.5 Å². The Morgan fingerprint density at radius 3 is 2.45 bits per heavy atom. The van der Waals surface area contributed by atoms with Gasteiger partial charge in [-0.3, -0.25) is 14.7 Å². The summed E-state index contributed by atoms with van der Waals surface area (Å²) in [6, 6.07) is 3.11. The molecule has 0 fully saturated rings. The molecule has 1 aromatic carbocycles. The number of amides is 2. The summed E-state index contributed by atoms with van der Waals surface area (Å²) in [5.41, 5.74) is 0.473. The molecule has 116 valence electrons. The van der Waals surface area contributed by atoms with Gasteiger partial charge in [0.2, 0.25) is 0 Å². The quantitative estimate of drug-likeness (QED) is 0.909. The molecule has 0 radical (unpaired) electrons. The zero-order chi connectivity index (χ0) is 16.4. The van der Waals surface area contributed by atoms with Crippen LogP contribution in [-0.2, 0) is 0 Å². The summed E-state index contributed by atoms with van der Waals surface area (Å²) in [6.07, 6.45) is 0. The van der Waals surface area contributed by atoms with Gasteiger partial charge in [0, 0.05) is 25.7 Å². The van der Waals surface area contributed by atoms with Crippen molar-refractivity contribution in [2.45, 2.75) is 6.92 Å². The molecule has 8 heteroatoms. The lowest BCUT2D eigenvalue weighted by Crippen LogP contribution is -2.21. The molecule has 0 spiro atoms. The van der Waals surface area contributed by atoms with E-state index in [1.165, 1.54) is 17.9 Å². The third-order valence-corrected chi connectivity index (χ3v) is 2.97. The Morgan fingerprint density at radius 1 is 1.18 bits per heavy atom. The van der Waals surface area contributed by atoms with Crippen molar-refractivity contribution in [2.24, 2.45) is 0 Å². The fourth-order valence-corrected chi connectivity index (χ4v) is 1.81. The van der Waals surface area contributed by atoms with E-state index in [-0.39, 0.29) is 28.5 Å². The standard InChI is InChI=1S/C14H14F2N4O2/c1-7-4-9(15)10(16)5-8(7)13(21)17-12-6-11(18-19-12)14(22)20(2)3/h4-6H,1-3H3,(H2,17,18,19,21). The predicted octanol–water partition coefficient (Wildman–Crippen LogP) is 1.95. The third kappa shape index (κ3) is 3.11. The fourth-order valence-electron chi connectivity index (χ4n) is 1.81. The minimum Gasteiger partial charge on any atom is -0.343 e. The third-order valence-electron chi connectivity index (χ3n) is 2.97. The number of carbonyl (C=O) groups is 2. The normalized spacial score (nSPS) is 10.4. The van der Waals surface area contributed by atoms with E-state index in [1.807, 2.05) is 0 Å². The molecule has 0 bridgehead atoms. The van der Waals surface area contributed by atoms with Crippen LogP contribution in [0.1, 0.15) is 26.4 Å². The molecule has 0 aliphatic carbocycles. The van der Waals surface area contributed by atoms with Crippen LogP contribution in [-0.4, -0.2) is 41.0 Å². The number of halogens is 2. The van der Waals surface area contributed by atoms with Gasteiger partial charge in [-0.15, -0.1) is 0 Å². The van der Waals surface area contributed by atoms with Gasteiger partial charge < -0.3 is 10.2 Å². The summed E-state index contributed by atoms with van der Waals surface area (Å²) in [5.74, 6) is -2.97. The van der Waals surface area contributed by atoms with Gasteiger partial charge in [0.05, 0.1) is 0 Å². The predicted molar refractivity (Wildman–Crippen MR) is 75.7 cm³/mol. The van der Waals surface area contributed by atoms with Crippen LogP contribution in [0.25, 0.3) is 0 Å². The van der Waals surface area contributed by atoms with E-state index in [1.54, 1.807) is 14.1 Å². The summed E-state index contributed by atoms with van der Waals surface area (Å²) in [4.78, 5) is 25.1. The number of nitrogens with one attached hydrogen (secondary N) is 2. The topological polar surface area (TPSA) is 78.1 Å². The molecule has 2 amide bonds. The smallest absolute Gasteiger partial charge is 0.271 e. The largest absolute Gasteiger partial charge is 0.343 e. The van der Waals surface area contributed by atoms with Crippen molar-refractivity contribution in [3.05, 3.63) is 46.7 Å². The van der Waals surface area contributed by atoms with Crippen molar-refractivity contribution in [3.8, 4) is 0 Å². The molecule has 22 heavy (non-hydrogen) atoms. The lowest BCUT2D eigenvalue weighted by atomic mass is 10.1. The maximum absolute atomic E-state index is 13.2. The molecule has 0 saturated heterocycles. The van der Waals surface area contributed by atoms with Gasteiger partial charge in [0.1, 0.15) is 5.69 Å². The summed E-state index contributed by atoms with van der Waals surface area (Å²) in [6.45, 7) is 1.49. The van der Waals surface area contributed by atoms with Crippen LogP contribution in [0.5, 0.6) is 0 Å². The van der Waals surface area contributed by atoms with Gasteiger partial charge in [-0.1, -0.05) is 0 Å². The molecule has 0 atom stereocenters. The van der Waals surface area contributed by atoms with Crippen LogP contribution in [0.3, 0.4) is 0 Å². The number of hydrogen-bond acceptors (Lipinski definition) is 3. The summed E-state index contributed by atoms with van der Waals surface area (Å²) in [7, 11) is 3.15. The first-order valence-electron chi connectivity index (χ1n) is 6.33. The molecular weight excluding hydrogens is 294 g/mol. The highest BCUT2D eigenvalue weighted by atomic mass is 19.2. The Morgan fingerprint density at radius 2 is 1.82 bits per heavy atom. The van der Waals surface area contributed by atoms with Gasteiger partial charge in [-0.2, -0.15) is 5.10 Å². The highest BCUT2D eigenvalue weighted by Crippen LogP contribution is 2.16. The van der Waals surface area contributed by atoms with Crippen molar-refractivity contribution in [3.63, 3.8) is 0 Å². The monoisotopic (exact) mass is 308 g/mol. The van der Waals surface area contributed by atoms with Gasteiger partial charge >= 0.3 is 0 Å². The van der Waals surface area contributed by atoms with Crippen molar-refractivity contribution in [1.82, 2.24) is 15.1 Å². The Hall–Kier alpha value is -2.77. The number of rotatable bonds is 3. The lowest BCUT2D eigenvalue weighted by molar-refractivity contribution is 0.0821. The van der Waals surface area contributed by atoms with Crippen molar-refractivity contribution < 1.29 is 18.4 Å². The number of aryl methyl sites for hydroxylation is 1. The Kier molecular flexibility index (Phi) is 4.20. The highest BCUT2D eigenvalue weighted by Gasteiger charge is 2.16. The highest BCUT2D eigenvalue weighted by molar-refractivity contribution is 6.05. The molecule has 0 aliphatic heterocycles. The number of hydrogen-bond donors (Lipinski definition) is 2. The summed E-state index contributed by atoms with van der Waals surface area (Å²) in [5, 5.41) is 8.69. The van der Waals surface area contributed by atoms with Gasteiger partial charge in [-0.05, 0) is 24.6 Å². The van der Waals surface area contributed by atoms with E-state index in [4.69, 9.17) is 0 Å².